The first-order valence-electron chi connectivity index (χ1n) is 24.4. The molecule has 395 valence electrons. The van der Waals surface area contributed by atoms with Gasteiger partial charge in [-0.3, -0.25) is 0 Å². The van der Waals surface area contributed by atoms with Crippen molar-refractivity contribution in [3.8, 4) is 0 Å². The maximum Gasteiger partial charge on any atom is 1.00 e. The second-order valence-corrected chi connectivity index (χ2v) is 23.9. The fourth-order valence-corrected chi connectivity index (χ4v) is 15.8. The number of aryl methyl sites for hydroxylation is 1. The largest absolute Gasteiger partial charge is 1.00 e. The smallest absolute Gasteiger partial charge is 0.207 e. The minimum absolute atomic E-state index is 0. The van der Waals surface area contributed by atoms with Crippen LogP contribution in [0.2, 0.25) is 6.32 Å². The molecular weight excluding hydrogens is 1150 g/mol. The zero-order chi connectivity index (χ0) is 54.3. The fourth-order valence-electron chi connectivity index (χ4n) is 9.34. The van der Waals surface area contributed by atoms with Crippen molar-refractivity contribution in [3.05, 3.63) is 306 Å². The van der Waals surface area contributed by atoms with E-state index in [1.54, 1.807) is 24.3 Å². The molecule has 0 N–H and O–H groups in total. The molecule has 10 rings (SSSR count). The summed E-state index contributed by atoms with van der Waals surface area (Å²) in [5.41, 5.74) is -3.67. The van der Waals surface area contributed by atoms with Crippen LogP contribution in [-0.2, 0) is 25.9 Å². The second-order valence-electron chi connectivity index (χ2n) is 17.8. The summed E-state index contributed by atoms with van der Waals surface area (Å²) >= 11 is 0.703. The van der Waals surface area contributed by atoms with Crippen molar-refractivity contribution in [1.82, 2.24) is 0 Å². The Morgan fingerprint density at radius 3 is 0.756 bits per heavy atom. The summed E-state index contributed by atoms with van der Waals surface area (Å²) in [4.78, 5) is 0.344. The predicted molar refractivity (Wildman–Crippen MR) is 303 cm³/mol. The van der Waals surface area contributed by atoms with Crippen molar-refractivity contribution in [2.45, 2.75) is 17.6 Å². The minimum Gasteiger partial charge on any atom is -0.207 e. The zero-order valence-electron chi connectivity index (χ0n) is 41.3. The molecule has 10 aromatic rings. The molecule has 1 radical (unpaired) electrons. The molecule has 0 saturated carbocycles. The van der Waals surface area contributed by atoms with Gasteiger partial charge in [0.25, 0.3) is 0 Å². The van der Waals surface area contributed by atoms with Gasteiger partial charge in [-0.2, -0.15) is 18.1 Å². The summed E-state index contributed by atoms with van der Waals surface area (Å²) in [7, 11) is -1.75. The Kier molecular flexibility index (Phi) is 21.5. The summed E-state index contributed by atoms with van der Waals surface area (Å²) in [6, 6.07) is 80.4. The van der Waals surface area contributed by atoms with Crippen LogP contribution >= 0.6 is 27.6 Å². The fraction of sp³-hybridized carbons (Fsp3) is 0.0476. The van der Waals surface area contributed by atoms with Crippen molar-refractivity contribution in [1.29, 1.82) is 0 Å². The van der Waals surface area contributed by atoms with Crippen LogP contribution in [0.3, 0.4) is 0 Å². The van der Waals surface area contributed by atoms with Crippen molar-refractivity contribution in [2.75, 3.05) is 5.65 Å². The van der Waals surface area contributed by atoms with Gasteiger partial charge in [0.05, 0.1) is 22.0 Å². The van der Waals surface area contributed by atoms with Crippen LogP contribution in [0.1, 0.15) is 5.56 Å². The summed E-state index contributed by atoms with van der Waals surface area (Å²) in [5, 5.41) is 8.61. The van der Waals surface area contributed by atoms with Gasteiger partial charge in [0, 0.05) is 4.90 Å². The molecule has 0 aliphatic rings. The van der Waals surface area contributed by atoms with Crippen LogP contribution in [0.4, 0.5) is 43.9 Å². The Morgan fingerprint density at radius 2 is 0.500 bits per heavy atom. The molecule has 78 heavy (non-hydrogen) atoms. The molecule has 0 aliphatic heterocycles. The summed E-state index contributed by atoms with van der Waals surface area (Å²) in [5.74, 6) is -24.4. The van der Waals surface area contributed by atoms with Crippen LogP contribution in [0.5, 0.6) is 0 Å². The van der Waals surface area contributed by atoms with E-state index in [-0.39, 0.29) is 25.9 Å². The summed E-state index contributed by atoms with van der Waals surface area (Å²) in [6.45, 7) is 0. The van der Waals surface area contributed by atoms with Crippen LogP contribution in [-0.4, -0.2) is 11.8 Å². The predicted octanol–water partition coefficient (Wildman–Crippen LogP) is 13.6. The number of hydrogen-bond acceptors (Lipinski definition) is 1. The summed E-state index contributed by atoms with van der Waals surface area (Å²) < 4.78 is 147. The average Bonchev–Trinajstić information content (AvgIpc) is 3.62. The molecule has 0 bridgehead atoms. The van der Waals surface area contributed by atoms with Crippen molar-refractivity contribution < 1.29 is 63.4 Å². The molecule has 0 unspecified atom stereocenters. The zero-order valence-corrected chi connectivity index (χ0v) is 45.9. The Balaban J connectivity index is 0.000000188. The molecule has 0 saturated heterocycles. The molecule has 0 aromatic heterocycles. The van der Waals surface area contributed by atoms with Gasteiger partial charge in [0.15, 0.2) is 34.9 Å². The molecule has 0 nitrogen and oxygen atoms in total. The average molecular weight is 1200 g/mol. The van der Waals surface area contributed by atoms with E-state index in [0.717, 1.165) is 0 Å². The van der Waals surface area contributed by atoms with Gasteiger partial charge in [0.2, 0.25) is 0 Å². The van der Waals surface area contributed by atoms with E-state index in [4.69, 9.17) is 0 Å². The topological polar surface area (TPSA) is 0 Å². The molecular formula is C63H48BF10P2RuS+2. The molecule has 0 fully saturated rings. The monoisotopic (exact) mass is 1200 g/mol. The normalized spacial score (nSPS) is 11.0. The number of hydrogen-bond donors (Lipinski definition) is 0. The number of rotatable bonds is 14. The third-order valence-corrected chi connectivity index (χ3v) is 19.8. The van der Waals surface area contributed by atoms with Crippen LogP contribution < -0.4 is 42.8 Å². The van der Waals surface area contributed by atoms with E-state index in [9.17, 15) is 26.3 Å². The first-order valence-corrected chi connectivity index (χ1v) is 28.4. The van der Waals surface area contributed by atoms with Crippen molar-refractivity contribution in [2.24, 2.45) is 0 Å². The third kappa shape index (κ3) is 13.8. The van der Waals surface area contributed by atoms with Gasteiger partial charge >= 0.3 is 19.5 Å². The van der Waals surface area contributed by atoms with E-state index in [2.05, 4.69) is 182 Å². The van der Waals surface area contributed by atoms with Crippen LogP contribution in [0.15, 0.2) is 248 Å². The molecule has 0 atom stereocenters. The molecule has 15 heteroatoms. The molecule has 0 amide bonds. The number of halogens is 10. The molecule has 10 aromatic carbocycles. The van der Waals surface area contributed by atoms with Gasteiger partial charge in [-0.15, -0.1) is 16.6 Å². The van der Waals surface area contributed by atoms with E-state index in [1.807, 2.05) is 0 Å². The quantitative estimate of drug-likeness (QED) is 0.0261. The second kappa shape index (κ2) is 28.3. The molecule has 0 aliphatic carbocycles. The molecule has 0 spiro atoms. The van der Waals surface area contributed by atoms with Gasteiger partial charge < -0.3 is 0 Å². The van der Waals surface area contributed by atoms with Crippen molar-refractivity contribution >= 4 is 76.5 Å². The first kappa shape index (κ1) is 59.1. The van der Waals surface area contributed by atoms with Crippen LogP contribution in [0, 0.1) is 58.2 Å². The Bertz CT molecular complexity index is 3000. The SMILES string of the molecule is Fc1c(F)c(F)c([B-](CCc2ccccc2)(CSc2ccccc2)c2c(F)c(F)c(F)c(F)c2F)c(F)c1F.[Ru+].c1ccc([PH+](c2ccccc2)c2ccccc2)cc1.c1ccc([PH+](c2ccccc2)c2ccccc2)cc1. The van der Waals surface area contributed by atoms with E-state index >= 15 is 17.6 Å². The Morgan fingerprint density at radius 1 is 0.282 bits per heavy atom. The third-order valence-electron chi connectivity index (χ3n) is 13.0. The number of thioether (sulfide) groups is 1. The van der Waals surface area contributed by atoms with E-state index in [1.165, 1.54) is 68.2 Å². The van der Waals surface area contributed by atoms with Gasteiger partial charge in [0.1, 0.15) is 55.1 Å². The maximum absolute atomic E-state index is 15.4. The van der Waals surface area contributed by atoms with Gasteiger partial charge in [-0.1, -0.05) is 170 Å². The maximum atomic E-state index is 15.4. The first-order chi connectivity index (χ1) is 37.4. The minimum atomic E-state index is -3.90. The van der Waals surface area contributed by atoms with Crippen LogP contribution in [0.25, 0.3) is 0 Å². The van der Waals surface area contributed by atoms with Gasteiger partial charge in [-0.05, 0) is 84.9 Å². The van der Waals surface area contributed by atoms with Crippen molar-refractivity contribution in [3.63, 3.8) is 0 Å². The Hall–Kier alpha value is -6.60. The Labute approximate surface area is 466 Å². The van der Waals surface area contributed by atoms with E-state index < -0.39 is 103 Å². The number of benzene rings is 10. The van der Waals surface area contributed by atoms with Gasteiger partial charge in [-0.25, -0.2) is 43.9 Å². The standard InChI is InChI=1S/C27H16BF10S.2C18H15P.Ru/c29-18-16(19(30)23(34)26(37)22(18)33)28(12-11-14-7-3-1-4-8-14,13-39-15-9-5-2-6-10-15)17-20(31)24(35)27(38)25(36)21(17)32;2*1-4-10-16(11-5-1)19(17-12-6-2-7-13-17)18-14-8-3-9-15-18;/h1-10H,11-13H2;2*1-15H;/q-1;;;+1/p+2. The van der Waals surface area contributed by atoms with E-state index in [0.29, 0.717) is 22.2 Å². The summed E-state index contributed by atoms with van der Waals surface area (Å²) in [6.07, 6.45) is -4.91. The molecule has 0 heterocycles.